The van der Waals surface area contributed by atoms with Crippen LogP contribution in [0.1, 0.15) is 99.3 Å². The number of hydrogen-bond acceptors (Lipinski definition) is 1. The van der Waals surface area contributed by atoms with Crippen molar-refractivity contribution in [2.45, 2.75) is 99.3 Å². The molecule has 2 atom stereocenters. The Kier molecular flexibility index (Phi) is 9.08. The second-order valence-corrected chi connectivity index (χ2v) is 8.83. The van der Waals surface area contributed by atoms with Gasteiger partial charge in [0.1, 0.15) is 0 Å². The smallest absolute Gasteiger partial charge is 0.220 e. The van der Waals surface area contributed by atoms with E-state index >= 15 is 0 Å². The van der Waals surface area contributed by atoms with Crippen LogP contribution in [-0.2, 0) is 4.79 Å². The van der Waals surface area contributed by atoms with Crippen molar-refractivity contribution in [2.24, 2.45) is 17.3 Å². The van der Waals surface area contributed by atoms with Crippen LogP contribution in [-0.4, -0.2) is 12.5 Å². The van der Waals surface area contributed by atoms with Crippen LogP contribution in [0.3, 0.4) is 0 Å². The second-order valence-electron chi connectivity index (χ2n) is 8.83. The highest BCUT2D eigenvalue weighted by Gasteiger charge is 2.28. The fourth-order valence-corrected chi connectivity index (χ4v) is 4.26. The van der Waals surface area contributed by atoms with E-state index in [1.165, 1.54) is 51.4 Å². The van der Waals surface area contributed by atoms with Gasteiger partial charge in [-0.1, -0.05) is 58.1 Å². The molecule has 0 saturated carbocycles. The van der Waals surface area contributed by atoms with Gasteiger partial charge < -0.3 is 5.32 Å². The summed E-state index contributed by atoms with van der Waals surface area (Å²) < 4.78 is 0. The van der Waals surface area contributed by atoms with Crippen LogP contribution in [0.4, 0.5) is 0 Å². The molecule has 0 spiro atoms. The van der Waals surface area contributed by atoms with Crippen LogP contribution in [0.15, 0.2) is 11.1 Å². The number of amides is 1. The molecule has 0 aromatic carbocycles. The topological polar surface area (TPSA) is 29.1 Å². The van der Waals surface area contributed by atoms with Gasteiger partial charge in [0.15, 0.2) is 0 Å². The molecule has 0 radical (unpaired) electrons. The predicted octanol–water partition coefficient (Wildman–Crippen LogP) is 6.26. The van der Waals surface area contributed by atoms with Crippen LogP contribution >= 0.6 is 0 Å². The van der Waals surface area contributed by atoms with E-state index < -0.39 is 0 Å². The number of carbonyl (C=O) groups is 1. The first kappa shape index (κ1) is 21.3. The fourth-order valence-electron chi connectivity index (χ4n) is 4.26. The molecule has 2 heteroatoms. The van der Waals surface area contributed by atoms with Gasteiger partial charge in [0.2, 0.25) is 5.91 Å². The van der Waals surface area contributed by atoms with Gasteiger partial charge in [0.05, 0.1) is 0 Å². The highest BCUT2D eigenvalue weighted by molar-refractivity contribution is 5.75. The van der Waals surface area contributed by atoms with Crippen LogP contribution < -0.4 is 5.32 Å². The zero-order chi connectivity index (χ0) is 18.2. The molecular weight excluding hydrogens is 294 g/mol. The Morgan fingerprint density at radius 2 is 1.83 bits per heavy atom. The Morgan fingerprint density at radius 3 is 2.46 bits per heavy atom. The fraction of sp³-hybridized carbons (Fsp3) is 0.864. The van der Waals surface area contributed by atoms with Crippen LogP contribution in [0.5, 0.6) is 0 Å². The van der Waals surface area contributed by atoms with Crippen molar-refractivity contribution >= 4 is 5.91 Å². The van der Waals surface area contributed by atoms with Crippen molar-refractivity contribution < 1.29 is 4.79 Å². The Hall–Kier alpha value is -0.790. The summed E-state index contributed by atoms with van der Waals surface area (Å²) in [6, 6.07) is 0. The summed E-state index contributed by atoms with van der Waals surface area (Å²) in [6.45, 7) is 14.5. The predicted molar refractivity (Wildman–Crippen MR) is 105 cm³/mol. The Labute approximate surface area is 150 Å². The molecule has 0 saturated heterocycles. The van der Waals surface area contributed by atoms with Crippen molar-refractivity contribution in [3.05, 3.63) is 11.1 Å². The van der Waals surface area contributed by atoms with Gasteiger partial charge in [-0.25, -0.2) is 0 Å². The molecule has 1 aliphatic rings. The number of allylic oxidation sites excluding steroid dienone is 2. The highest BCUT2D eigenvalue weighted by atomic mass is 16.1. The Balaban J connectivity index is 2.27. The quantitative estimate of drug-likeness (QED) is 0.469. The maximum Gasteiger partial charge on any atom is 0.220 e. The molecule has 0 aromatic rings. The molecule has 2 nitrogen and oxygen atoms in total. The van der Waals surface area contributed by atoms with Gasteiger partial charge in [-0.3, -0.25) is 4.79 Å². The third-order valence-electron chi connectivity index (χ3n) is 5.87. The summed E-state index contributed by atoms with van der Waals surface area (Å²) in [6.07, 6.45) is 11.0. The van der Waals surface area contributed by atoms with Gasteiger partial charge in [-0.2, -0.15) is 0 Å². The monoisotopic (exact) mass is 335 g/mol. The number of rotatable bonds is 10. The first-order valence-corrected chi connectivity index (χ1v) is 10.2. The molecule has 1 aliphatic carbocycles. The van der Waals surface area contributed by atoms with Gasteiger partial charge in [-0.05, 0) is 63.2 Å². The van der Waals surface area contributed by atoms with Crippen LogP contribution in [0.2, 0.25) is 0 Å². The Bertz CT molecular complexity index is 422. The molecule has 0 aliphatic heterocycles. The average Bonchev–Trinajstić information content (AvgIpc) is 2.46. The molecule has 1 rings (SSSR count). The van der Waals surface area contributed by atoms with Crippen molar-refractivity contribution in [3.63, 3.8) is 0 Å². The average molecular weight is 336 g/mol. The lowest BCUT2D eigenvalue weighted by molar-refractivity contribution is -0.121. The van der Waals surface area contributed by atoms with Gasteiger partial charge >= 0.3 is 0 Å². The van der Waals surface area contributed by atoms with E-state index in [-0.39, 0.29) is 5.91 Å². The summed E-state index contributed by atoms with van der Waals surface area (Å²) in [4.78, 5) is 11.6. The zero-order valence-electron chi connectivity index (χ0n) is 17.1. The third kappa shape index (κ3) is 7.40. The Morgan fingerprint density at radius 1 is 1.17 bits per heavy atom. The van der Waals surface area contributed by atoms with Gasteiger partial charge in [-0.15, -0.1) is 0 Å². The maximum absolute atomic E-state index is 11.6. The minimum atomic E-state index is 0.208. The standard InChI is InChI=1S/C22H41NO/c1-7-23-21(24)16-18(3)11-8-10-17(2)13-14-20-19(4)12-9-15-22(20,5)6/h17-18H,7-16H2,1-6H3,(H,23,24). The first-order valence-electron chi connectivity index (χ1n) is 10.2. The summed E-state index contributed by atoms with van der Waals surface area (Å²) in [5.74, 6) is 1.51. The van der Waals surface area contributed by atoms with E-state index in [4.69, 9.17) is 0 Å². The maximum atomic E-state index is 11.6. The van der Waals surface area contributed by atoms with Crippen molar-refractivity contribution in [1.82, 2.24) is 5.32 Å². The lowest BCUT2D eigenvalue weighted by Gasteiger charge is -2.35. The molecule has 0 heterocycles. The van der Waals surface area contributed by atoms with Crippen LogP contribution in [0, 0.1) is 17.3 Å². The zero-order valence-corrected chi connectivity index (χ0v) is 17.1. The lowest BCUT2D eigenvalue weighted by Crippen LogP contribution is -2.24. The highest BCUT2D eigenvalue weighted by Crippen LogP contribution is 2.42. The van der Waals surface area contributed by atoms with E-state index in [1.807, 2.05) is 6.92 Å². The van der Waals surface area contributed by atoms with Crippen molar-refractivity contribution in [3.8, 4) is 0 Å². The van der Waals surface area contributed by atoms with Crippen molar-refractivity contribution in [2.75, 3.05) is 6.54 Å². The molecule has 1 amide bonds. The summed E-state index contributed by atoms with van der Waals surface area (Å²) >= 11 is 0. The van der Waals surface area contributed by atoms with E-state index in [0.717, 1.165) is 12.5 Å². The summed E-state index contributed by atoms with van der Waals surface area (Å²) in [5, 5.41) is 2.90. The van der Waals surface area contributed by atoms with E-state index in [9.17, 15) is 4.79 Å². The molecule has 0 bridgehead atoms. The minimum absolute atomic E-state index is 0.208. The first-order chi connectivity index (χ1) is 11.3. The van der Waals surface area contributed by atoms with Gasteiger partial charge in [0, 0.05) is 13.0 Å². The molecule has 2 unspecified atom stereocenters. The van der Waals surface area contributed by atoms with E-state index in [2.05, 4.69) is 39.9 Å². The van der Waals surface area contributed by atoms with Gasteiger partial charge in [0.25, 0.3) is 0 Å². The number of carbonyl (C=O) groups excluding carboxylic acids is 1. The summed E-state index contributed by atoms with van der Waals surface area (Å²) in [7, 11) is 0. The largest absolute Gasteiger partial charge is 0.356 e. The molecule has 140 valence electrons. The lowest BCUT2D eigenvalue weighted by atomic mass is 9.70. The second kappa shape index (κ2) is 10.3. The summed E-state index contributed by atoms with van der Waals surface area (Å²) in [5.41, 5.74) is 3.82. The SMILES string of the molecule is CCNC(=O)CC(C)CCCC(C)CCC1=C(C)CCCC1(C)C. The minimum Gasteiger partial charge on any atom is -0.356 e. The van der Waals surface area contributed by atoms with Crippen molar-refractivity contribution in [1.29, 1.82) is 0 Å². The molecular formula is C22H41NO. The molecule has 0 aromatic heterocycles. The van der Waals surface area contributed by atoms with Crippen LogP contribution in [0.25, 0.3) is 0 Å². The normalized spacial score (nSPS) is 19.9. The number of nitrogens with one attached hydrogen (secondary N) is 1. The molecule has 0 fully saturated rings. The molecule has 24 heavy (non-hydrogen) atoms. The van der Waals surface area contributed by atoms with E-state index in [1.54, 1.807) is 11.1 Å². The van der Waals surface area contributed by atoms with E-state index in [0.29, 0.717) is 17.8 Å². The molecule has 1 N–H and O–H groups in total. The third-order valence-corrected chi connectivity index (χ3v) is 5.87. The number of hydrogen-bond donors (Lipinski definition) is 1.